The number of rotatable bonds is 8. The summed E-state index contributed by atoms with van der Waals surface area (Å²) in [5.74, 6) is -2.07. The van der Waals surface area contributed by atoms with Crippen LogP contribution < -0.4 is 26.0 Å². The van der Waals surface area contributed by atoms with Gasteiger partial charge in [0.2, 0.25) is 5.91 Å². The van der Waals surface area contributed by atoms with Crippen LogP contribution >= 0.6 is 7.14 Å². The molecule has 3 N–H and O–H groups in total. The van der Waals surface area contributed by atoms with Crippen molar-refractivity contribution >= 4 is 41.5 Å². The van der Waals surface area contributed by atoms with Crippen LogP contribution in [0.5, 0.6) is 5.75 Å². The second-order valence-corrected chi connectivity index (χ2v) is 12.2. The van der Waals surface area contributed by atoms with Gasteiger partial charge < -0.3 is 25.3 Å². The zero-order valence-electron chi connectivity index (χ0n) is 20.7. The zero-order chi connectivity index (χ0) is 26.9. The average Bonchev–Trinajstić information content (AvgIpc) is 3.68. The van der Waals surface area contributed by atoms with Crippen molar-refractivity contribution in [2.24, 2.45) is 5.92 Å². The number of carbonyl (C=O) groups excluding carboxylic acids is 2. The van der Waals surface area contributed by atoms with Crippen molar-refractivity contribution < 1.29 is 27.7 Å². The molecule has 1 heterocycles. The lowest BCUT2D eigenvalue weighted by Gasteiger charge is -2.18. The van der Waals surface area contributed by atoms with Gasteiger partial charge in [0.1, 0.15) is 24.5 Å². The van der Waals surface area contributed by atoms with E-state index in [0.29, 0.717) is 5.30 Å². The summed E-state index contributed by atoms with van der Waals surface area (Å²) in [7, 11) is 0.0375. The molecule has 1 aliphatic carbocycles. The largest absolute Gasteiger partial charge is 0.494 e. The van der Waals surface area contributed by atoms with Gasteiger partial charge in [-0.2, -0.15) is 0 Å². The van der Waals surface area contributed by atoms with Gasteiger partial charge in [-0.25, -0.2) is 8.78 Å². The zero-order valence-corrected chi connectivity index (χ0v) is 21.6. The molecule has 0 spiro atoms. The quantitative estimate of drug-likeness (QED) is 0.375. The number of benzene rings is 2. The minimum atomic E-state index is -2.71. The smallest absolute Gasteiger partial charge is 0.273 e. The molecule has 2 amide bonds. The Morgan fingerprint density at radius 2 is 1.76 bits per heavy atom. The van der Waals surface area contributed by atoms with Crippen LogP contribution in [-0.4, -0.2) is 49.5 Å². The van der Waals surface area contributed by atoms with E-state index < -0.39 is 24.7 Å². The maximum Gasteiger partial charge on any atom is 0.273 e. The Balaban J connectivity index is 1.78. The summed E-state index contributed by atoms with van der Waals surface area (Å²) in [6, 6.07) is 7.75. The molecule has 0 radical (unpaired) electrons. The van der Waals surface area contributed by atoms with Crippen molar-refractivity contribution in [3.05, 3.63) is 53.7 Å². The Hall–Kier alpha value is -3.85. The number of halogens is 2. The lowest BCUT2D eigenvalue weighted by molar-refractivity contribution is -0.117. The normalized spacial score (nSPS) is 13.1. The summed E-state index contributed by atoms with van der Waals surface area (Å²) in [6.45, 7) is 3.06. The van der Waals surface area contributed by atoms with Gasteiger partial charge in [0, 0.05) is 41.5 Å². The van der Waals surface area contributed by atoms with E-state index in [4.69, 9.17) is 4.74 Å². The number of methoxy groups -OCH3 is 1. The van der Waals surface area contributed by atoms with E-state index in [1.165, 1.54) is 51.8 Å². The van der Waals surface area contributed by atoms with E-state index in [1.54, 1.807) is 0 Å². The maximum absolute atomic E-state index is 15.1. The second-order valence-electron chi connectivity index (χ2n) is 9.01. The van der Waals surface area contributed by atoms with Crippen molar-refractivity contribution in [3.63, 3.8) is 0 Å². The first-order valence-corrected chi connectivity index (χ1v) is 14.0. The van der Waals surface area contributed by atoms with Crippen molar-refractivity contribution in [2.45, 2.75) is 12.8 Å². The molecule has 1 fully saturated rings. The van der Waals surface area contributed by atoms with Crippen LogP contribution in [0.15, 0.2) is 36.4 Å². The molecule has 3 aromatic rings. The van der Waals surface area contributed by atoms with E-state index in [9.17, 15) is 18.5 Å². The highest BCUT2D eigenvalue weighted by Crippen LogP contribution is 2.42. The molecular weight excluding hydrogens is 503 g/mol. The van der Waals surface area contributed by atoms with Crippen LogP contribution in [0.25, 0.3) is 11.1 Å². The number of amides is 2. The van der Waals surface area contributed by atoms with Crippen LogP contribution in [0.2, 0.25) is 0 Å². The lowest BCUT2D eigenvalue weighted by Crippen LogP contribution is -2.22. The molecule has 0 aliphatic heterocycles. The van der Waals surface area contributed by atoms with Gasteiger partial charge in [-0.05, 0) is 38.3 Å². The van der Waals surface area contributed by atoms with E-state index in [1.807, 2.05) is 0 Å². The van der Waals surface area contributed by atoms with E-state index >= 15 is 4.39 Å². The Kier molecular flexibility index (Phi) is 7.27. The summed E-state index contributed by atoms with van der Waals surface area (Å²) in [5.41, 5.74) is 0.214. The predicted molar refractivity (Wildman–Crippen MR) is 137 cm³/mol. The van der Waals surface area contributed by atoms with Crippen LogP contribution in [-0.2, 0) is 9.36 Å². The maximum atomic E-state index is 15.1. The standard InChI is InChI=1S/C25H26F2N5O4P/c1-28-25(34)22-19(12-21(31-32-22)30-24(33)13-5-6-13)29-20-10-14(26)9-17(23(20)36-2)16-8-7-15(11-18(16)27)37(3,4)35/h7-13H,5-6H2,1-4H3,(H,28,34)(H2,29,30,31,33). The summed E-state index contributed by atoms with van der Waals surface area (Å²) < 4.78 is 47.8. The van der Waals surface area contributed by atoms with Gasteiger partial charge in [-0.3, -0.25) is 9.59 Å². The summed E-state index contributed by atoms with van der Waals surface area (Å²) >= 11 is 0. The molecule has 0 unspecified atom stereocenters. The number of carbonyl (C=O) groups is 2. The van der Waals surface area contributed by atoms with Gasteiger partial charge in [0.25, 0.3) is 5.91 Å². The molecule has 0 bridgehead atoms. The highest BCUT2D eigenvalue weighted by Gasteiger charge is 2.30. The predicted octanol–water partition coefficient (Wildman–Crippen LogP) is 4.13. The summed E-state index contributed by atoms with van der Waals surface area (Å²) in [5, 5.41) is 16.2. The number of hydrogen-bond acceptors (Lipinski definition) is 7. The van der Waals surface area contributed by atoms with Crippen LogP contribution in [0, 0.1) is 17.6 Å². The van der Waals surface area contributed by atoms with E-state index in [0.717, 1.165) is 25.0 Å². The van der Waals surface area contributed by atoms with Crippen molar-refractivity contribution in [1.82, 2.24) is 15.5 Å². The third kappa shape index (κ3) is 5.77. The van der Waals surface area contributed by atoms with Crippen LogP contribution in [0.1, 0.15) is 23.3 Å². The van der Waals surface area contributed by atoms with Gasteiger partial charge >= 0.3 is 0 Å². The Labute approximate surface area is 212 Å². The molecule has 1 saturated carbocycles. The Morgan fingerprint density at radius 1 is 1.03 bits per heavy atom. The number of nitrogens with zero attached hydrogens (tertiary/aromatic N) is 2. The molecule has 4 rings (SSSR count). The number of ether oxygens (including phenoxy) is 1. The summed E-state index contributed by atoms with van der Waals surface area (Å²) in [6.07, 6.45) is 1.57. The molecule has 37 heavy (non-hydrogen) atoms. The fourth-order valence-electron chi connectivity index (χ4n) is 3.72. The Morgan fingerprint density at radius 3 is 2.35 bits per heavy atom. The Bertz CT molecular complexity index is 1440. The van der Waals surface area contributed by atoms with Crippen LogP contribution in [0.4, 0.5) is 26.0 Å². The molecule has 194 valence electrons. The lowest BCUT2D eigenvalue weighted by atomic mass is 10.0. The molecule has 12 heteroatoms. The number of aromatic nitrogens is 2. The third-order valence-electron chi connectivity index (χ3n) is 5.83. The highest BCUT2D eigenvalue weighted by molar-refractivity contribution is 7.70. The van der Waals surface area contributed by atoms with Crippen molar-refractivity contribution in [3.8, 4) is 16.9 Å². The van der Waals surface area contributed by atoms with E-state index in [2.05, 4.69) is 26.1 Å². The number of anilines is 3. The fraction of sp³-hybridized carbons (Fsp3) is 0.280. The van der Waals surface area contributed by atoms with Gasteiger partial charge in [0.05, 0.1) is 18.5 Å². The first-order valence-electron chi connectivity index (χ1n) is 11.4. The minimum absolute atomic E-state index is 0.0355. The van der Waals surface area contributed by atoms with Gasteiger partial charge in [-0.1, -0.05) is 12.1 Å². The topological polar surface area (TPSA) is 122 Å². The number of nitrogens with one attached hydrogen (secondary N) is 3. The monoisotopic (exact) mass is 529 g/mol. The molecular formula is C25H26F2N5O4P. The molecule has 1 aliphatic rings. The molecule has 1 aromatic heterocycles. The van der Waals surface area contributed by atoms with Crippen LogP contribution in [0.3, 0.4) is 0 Å². The minimum Gasteiger partial charge on any atom is -0.494 e. The molecule has 0 atom stereocenters. The third-order valence-corrected chi connectivity index (χ3v) is 7.35. The SMILES string of the molecule is CNC(=O)c1nnc(NC(=O)C2CC2)cc1Nc1cc(F)cc(-c2ccc(P(C)(C)=O)cc2F)c1OC. The first-order chi connectivity index (χ1) is 17.5. The highest BCUT2D eigenvalue weighted by atomic mass is 31.2. The molecule has 0 saturated heterocycles. The van der Waals surface area contributed by atoms with Crippen molar-refractivity contribution in [1.29, 1.82) is 0 Å². The fourth-order valence-corrected chi connectivity index (χ4v) is 4.57. The first kappa shape index (κ1) is 26.2. The summed E-state index contributed by atoms with van der Waals surface area (Å²) in [4.78, 5) is 24.6. The van der Waals surface area contributed by atoms with Crippen molar-refractivity contribution in [2.75, 3.05) is 38.1 Å². The molecule has 2 aromatic carbocycles. The number of hydrogen-bond donors (Lipinski definition) is 3. The van der Waals surface area contributed by atoms with Gasteiger partial charge in [-0.15, -0.1) is 10.2 Å². The molecule has 9 nitrogen and oxygen atoms in total. The second kappa shape index (κ2) is 10.3. The van der Waals surface area contributed by atoms with E-state index in [-0.39, 0.29) is 51.6 Å². The van der Waals surface area contributed by atoms with Gasteiger partial charge in [0.15, 0.2) is 11.5 Å². The average molecular weight is 529 g/mol.